The molecular formula is C21H20BrN5O3S2. The summed E-state index contributed by atoms with van der Waals surface area (Å²) < 4.78 is 36.2. The molecule has 8 nitrogen and oxygen atoms in total. The standard InChI is InChI=1S/C21H20BrN5O3S2/c1-12-13(2)25-27(14(12)3)19-11-20(24-15(4)23-19)30-17-7-5-16(6-8-17)26-32(28,29)21-10-9-18(22)31-21/h5-11,26H,1-4H3. The summed E-state index contributed by atoms with van der Waals surface area (Å²) in [6.45, 7) is 7.75. The summed E-state index contributed by atoms with van der Waals surface area (Å²) in [4.78, 5) is 8.82. The number of benzene rings is 1. The Morgan fingerprint density at radius 3 is 2.34 bits per heavy atom. The van der Waals surface area contributed by atoms with Gasteiger partial charge in [0, 0.05) is 17.4 Å². The average molecular weight is 534 g/mol. The molecule has 0 atom stereocenters. The van der Waals surface area contributed by atoms with Gasteiger partial charge in [0.1, 0.15) is 15.8 Å². The number of nitrogens with zero attached hydrogens (tertiary/aromatic N) is 4. The first-order valence-electron chi connectivity index (χ1n) is 9.57. The van der Waals surface area contributed by atoms with Gasteiger partial charge in [-0.25, -0.2) is 18.1 Å². The number of hydrogen-bond acceptors (Lipinski definition) is 7. The van der Waals surface area contributed by atoms with Crippen molar-refractivity contribution < 1.29 is 13.2 Å². The number of ether oxygens (including phenoxy) is 1. The highest BCUT2D eigenvalue weighted by Crippen LogP contribution is 2.29. The minimum Gasteiger partial charge on any atom is -0.439 e. The second-order valence-corrected chi connectivity index (χ2v) is 11.5. The van der Waals surface area contributed by atoms with Crippen molar-refractivity contribution in [3.63, 3.8) is 0 Å². The summed E-state index contributed by atoms with van der Waals surface area (Å²) in [6, 6.07) is 11.6. The number of thiophene rings is 1. The van der Waals surface area contributed by atoms with E-state index in [1.807, 2.05) is 20.8 Å². The van der Waals surface area contributed by atoms with Crippen LogP contribution in [0.15, 0.2) is 50.5 Å². The molecule has 0 aliphatic carbocycles. The zero-order valence-corrected chi connectivity index (χ0v) is 21.0. The molecule has 1 aromatic carbocycles. The molecule has 0 aliphatic heterocycles. The molecule has 3 aromatic heterocycles. The van der Waals surface area contributed by atoms with Gasteiger partial charge in [-0.1, -0.05) is 0 Å². The van der Waals surface area contributed by atoms with Crippen LogP contribution in [0, 0.1) is 27.7 Å². The van der Waals surface area contributed by atoms with Crippen molar-refractivity contribution in [2.45, 2.75) is 31.9 Å². The molecule has 0 saturated carbocycles. The average Bonchev–Trinajstić information content (AvgIpc) is 3.28. The molecule has 11 heteroatoms. The van der Waals surface area contributed by atoms with Crippen molar-refractivity contribution in [2.75, 3.05) is 4.72 Å². The monoisotopic (exact) mass is 533 g/mol. The summed E-state index contributed by atoms with van der Waals surface area (Å²) >= 11 is 4.42. The molecule has 0 spiro atoms. The number of sulfonamides is 1. The lowest BCUT2D eigenvalue weighted by molar-refractivity contribution is 0.459. The van der Waals surface area contributed by atoms with Crippen LogP contribution in [0.4, 0.5) is 5.69 Å². The molecule has 166 valence electrons. The van der Waals surface area contributed by atoms with Crippen LogP contribution in [0.25, 0.3) is 5.82 Å². The quantitative estimate of drug-likeness (QED) is 0.360. The van der Waals surface area contributed by atoms with Crippen molar-refractivity contribution in [2.24, 2.45) is 0 Å². The van der Waals surface area contributed by atoms with E-state index < -0.39 is 10.0 Å². The summed E-state index contributed by atoms with van der Waals surface area (Å²) in [5.41, 5.74) is 3.48. The number of anilines is 1. The largest absolute Gasteiger partial charge is 0.439 e. The van der Waals surface area contributed by atoms with Crippen molar-refractivity contribution >= 4 is 43.0 Å². The van der Waals surface area contributed by atoms with Gasteiger partial charge in [0.05, 0.1) is 9.48 Å². The molecule has 0 fully saturated rings. The predicted molar refractivity (Wildman–Crippen MR) is 127 cm³/mol. The van der Waals surface area contributed by atoms with Gasteiger partial charge in [0.25, 0.3) is 10.0 Å². The van der Waals surface area contributed by atoms with Crippen molar-refractivity contribution in [3.8, 4) is 17.4 Å². The Morgan fingerprint density at radius 2 is 1.75 bits per heavy atom. The van der Waals surface area contributed by atoms with Crippen LogP contribution >= 0.6 is 27.3 Å². The second-order valence-electron chi connectivity index (χ2n) is 7.11. The van der Waals surface area contributed by atoms with E-state index in [-0.39, 0.29) is 4.21 Å². The number of aromatic nitrogens is 4. The van der Waals surface area contributed by atoms with Crippen molar-refractivity contribution in [3.05, 3.63) is 69.0 Å². The molecule has 3 heterocycles. The maximum atomic E-state index is 12.5. The van der Waals surface area contributed by atoms with Crippen LogP contribution in [0.5, 0.6) is 11.6 Å². The first-order valence-corrected chi connectivity index (χ1v) is 12.7. The first kappa shape index (κ1) is 22.4. The normalized spacial score (nSPS) is 11.5. The molecule has 0 bridgehead atoms. The van der Waals surface area contributed by atoms with Gasteiger partial charge >= 0.3 is 0 Å². The van der Waals surface area contributed by atoms with Crippen LogP contribution < -0.4 is 9.46 Å². The number of aryl methyl sites for hydroxylation is 2. The molecule has 0 unspecified atom stereocenters. The summed E-state index contributed by atoms with van der Waals surface area (Å²) in [6.07, 6.45) is 0. The molecule has 4 rings (SSSR count). The molecule has 0 saturated heterocycles. The van der Waals surface area contributed by atoms with Crippen LogP contribution in [0.1, 0.15) is 22.8 Å². The highest BCUT2D eigenvalue weighted by atomic mass is 79.9. The van der Waals surface area contributed by atoms with E-state index in [0.29, 0.717) is 29.0 Å². The van der Waals surface area contributed by atoms with E-state index in [4.69, 9.17) is 4.74 Å². The lowest BCUT2D eigenvalue weighted by atomic mass is 10.2. The van der Waals surface area contributed by atoms with Gasteiger partial charge in [0.15, 0.2) is 5.82 Å². The SMILES string of the molecule is Cc1nc(Oc2ccc(NS(=O)(=O)c3ccc(Br)s3)cc2)cc(-n2nc(C)c(C)c2C)n1. The van der Waals surface area contributed by atoms with Crippen LogP contribution in [-0.2, 0) is 10.0 Å². The molecule has 0 aliphatic rings. The number of halogens is 1. The highest BCUT2D eigenvalue weighted by molar-refractivity contribution is 9.11. The molecule has 0 amide bonds. The smallest absolute Gasteiger partial charge is 0.271 e. The number of nitrogens with one attached hydrogen (secondary N) is 1. The van der Waals surface area contributed by atoms with Crippen LogP contribution in [0.3, 0.4) is 0 Å². The lowest BCUT2D eigenvalue weighted by Gasteiger charge is -2.10. The van der Waals surface area contributed by atoms with Gasteiger partial charge < -0.3 is 4.74 Å². The van der Waals surface area contributed by atoms with E-state index in [1.165, 1.54) is 0 Å². The van der Waals surface area contributed by atoms with E-state index in [1.54, 1.807) is 54.1 Å². The first-order chi connectivity index (χ1) is 15.1. The van der Waals surface area contributed by atoms with Gasteiger partial charge in [-0.3, -0.25) is 4.72 Å². The topological polar surface area (TPSA) is 99.0 Å². The highest BCUT2D eigenvalue weighted by Gasteiger charge is 2.17. The Balaban J connectivity index is 1.54. The van der Waals surface area contributed by atoms with Crippen LogP contribution in [0.2, 0.25) is 0 Å². The summed E-state index contributed by atoms with van der Waals surface area (Å²) in [5.74, 6) is 2.05. The predicted octanol–water partition coefficient (Wildman–Crippen LogP) is 5.31. The van der Waals surface area contributed by atoms with E-state index in [0.717, 1.165) is 32.1 Å². The van der Waals surface area contributed by atoms with E-state index in [2.05, 4.69) is 35.7 Å². The minimum absolute atomic E-state index is 0.230. The molecule has 4 aromatic rings. The third kappa shape index (κ3) is 4.69. The Hall–Kier alpha value is -2.76. The van der Waals surface area contributed by atoms with Crippen molar-refractivity contribution in [1.82, 2.24) is 19.7 Å². The lowest BCUT2D eigenvalue weighted by Crippen LogP contribution is -2.11. The van der Waals surface area contributed by atoms with E-state index in [9.17, 15) is 8.42 Å². The van der Waals surface area contributed by atoms with Crippen LogP contribution in [-0.4, -0.2) is 28.2 Å². The Labute approximate surface area is 198 Å². The van der Waals surface area contributed by atoms with Gasteiger partial charge in [-0.2, -0.15) is 10.1 Å². The maximum absolute atomic E-state index is 12.5. The Kier molecular flexibility index (Phi) is 6.06. The fourth-order valence-electron chi connectivity index (χ4n) is 2.99. The third-order valence-corrected chi connectivity index (χ3v) is 8.31. The minimum atomic E-state index is -3.64. The maximum Gasteiger partial charge on any atom is 0.271 e. The van der Waals surface area contributed by atoms with Crippen molar-refractivity contribution in [1.29, 1.82) is 0 Å². The third-order valence-electron chi connectivity index (χ3n) is 4.81. The van der Waals surface area contributed by atoms with Gasteiger partial charge in [-0.05, 0) is 85.6 Å². The zero-order chi connectivity index (χ0) is 23.0. The summed E-state index contributed by atoms with van der Waals surface area (Å²) in [5, 5.41) is 4.54. The number of rotatable bonds is 6. The van der Waals surface area contributed by atoms with Gasteiger partial charge in [-0.15, -0.1) is 11.3 Å². The summed E-state index contributed by atoms with van der Waals surface area (Å²) in [7, 11) is -3.64. The molecule has 0 radical (unpaired) electrons. The van der Waals surface area contributed by atoms with Gasteiger partial charge in [0.2, 0.25) is 5.88 Å². The number of hydrogen-bond donors (Lipinski definition) is 1. The molecule has 1 N–H and O–H groups in total. The fraction of sp³-hybridized carbons (Fsp3) is 0.190. The second kappa shape index (κ2) is 8.64. The fourth-order valence-corrected chi connectivity index (χ4v) is 6.06. The van der Waals surface area contributed by atoms with E-state index >= 15 is 0 Å². The Morgan fingerprint density at radius 1 is 1.03 bits per heavy atom. The Bertz CT molecular complexity index is 1400. The molecular weight excluding hydrogens is 514 g/mol. The molecule has 32 heavy (non-hydrogen) atoms. The zero-order valence-electron chi connectivity index (χ0n) is 17.7.